The Balaban J connectivity index is 1.50. The van der Waals surface area contributed by atoms with Gasteiger partial charge in [0, 0.05) is 35.9 Å². The van der Waals surface area contributed by atoms with Crippen molar-refractivity contribution < 1.29 is 4.48 Å². The van der Waals surface area contributed by atoms with E-state index < -0.39 is 0 Å². The number of aromatic nitrogens is 1. The Hall–Kier alpha value is -3.49. The second kappa shape index (κ2) is 10.1. The fourth-order valence-electron chi connectivity index (χ4n) is 7.23. The minimum Gasteiger partial charge on any atom is -0.317 e. The van der Waals surface area contributed by atoms with Gasteiger partial charge in [0.25, 0.3) is 0 Å². The van der Waals surface area contributed by atoms with Crippen molar-refractivity contribution in [3.05, 3.63) is 115 Å². The first-order valence-corrected chi connectivity index (χ1v) is 13.9. The van der Waals surface area contributed by atoms with E-state index in [0.717, 1.165) is 35.9 Å². The maximum Gasteiger partial charge on any atom is 0.106 e. The predicted molar refractivity (Wildman–Crippen MR) is 158 cm³/mol. The van der Waals surface area contributed by atoms with Gasteiger partial charge in [-0.3, -0.25) is 4.98 Å². The fourth-order valence-corrected chi connectivity index (χ4v) is 7.23. The summed E-state index contributed by atoms with van der Waals surface area (Å²) in [7, 11) is 0. The van der Waals surface area contributed by atoms with Crippen LogP contribution in [0.25, 0.3) is 32.4 Å². The number of likely N-dealkylation sites (N-methyl/N-ethyl adjacent to an activating group) is 1. The van der Waals surface area contributed by atoms with Gasteiger partial charge in [0.05, 0.1) is 24.6 Å². The van der Waals surface area contributed by atoms with Crippen molar-refractivity contribution in [2.75, 3.05) is 13.1 Å². The summed E-state index contributed by atoms with van der Waals surface area (Å²) in [4.78, 5) is 4.70. The number of hydrogen-bond acceptors (Lipinski definition) is 1. The highest BCUT2D eigenvalue weighted by atomic mass is 15.4. The number of para-hydroxylation sites is 1. The number of rotatable bonds is 8. The Kier molecular flexibility index (Phi) is 6.52. The average Bonchev–Trinajstić information content (AvgIpc) is 3.37. The zero-order valence-corrected chi connectivity index (χ0v) is 21.9. The van der Waals surface area contributed by atoms with Gasteiger partial charge in [-0.2, -0.15) is 0 Å². The molecule has 0 bridgehead atoms. The Morgan fingerprint density at radius 2 is 1.59 bits per heavy atom. The van der Waals surface area contributed by atoms with Crippen LogP contribution in [-0.2, 0) is 6.54 Å². The molecular formula is C35H37N2+. The Bertz CT molecular complexity index is 1510. The third kappa shape index (κ3) is 4.24. The molecule has 1 fully saturated rings. The van der Waals surface area contributed by atoms with Gasteiger partial charge < -0.3 is 4.48 Å². The van der Waals surface area contributed by atoms with E-state index in [2.05, 4.69) is 105 Å². The first-order chi connectivity index (χ1) is 18.2. The smallest absolute Gasteiger partial charge is 0.106 e. The summed E-state index contributed by atoms with van der Waals surface area (Å²) >= 11 is 0. The summed E-state index contributed by atoms with van der Waals surface area (Å²) in [6.45, 7) is 9.98. The monoisotopic (exact) mass is 485 g/mol. The third-order valence-electron chi connectivity index (χ3n) is 9.02. The SMILES string of the molecule is C=CCCC(c1ccnc2ccccc12)C1CCC[N+]1(CC)Cc1c2ccccc2cc2ccccc12. The van der Waals surface area contributed by atoms with Crippen molar-refractivity contribution in [1.82, 2.24) is 4.98 Å². The zero-order chi connectivity index (χ0) is 25.2. The highest BCUT2D eigenvalue weighted by molar-refractivity contribution is 6.02. The number of allylic oxidation sites excluding steroid dienone is 1. The Labute approximate surface area is 220 Å². The maximum absolute atomic E-state index is 4.70. The van der Waals surface area contributed by atoms with Crippen LogP contribution in [0.5, 0.6) is 0 Å². The molecule has 0 radical (unpaired) electrons. The van der Waals surface area contributed by atoms with Crippen molar-refractivity contribution in [3.8, 4) is 0 Å². The van der Waals surface area contributed by atoms with E-state index >= 15 is 0 Å². The van der Waals surface area contributed by atoms with Gasteiger partial charge >= 0.3 is 0 Å². The molecule has 0 aliphatic carbocycles. The molecule has 3 atom stereocenters. The van der Waals surface area contributed by atoms with E-state index in [1.807, 2.05) is 6.20 Å². The van der Waals surface area contributed by atoms with Gasteiger partial charge in [0.2, 0.25) is 0 Å². The second-order valence-electron chi connectivity index (χ2n) is 10.8. The van der Waals surface area contributed by atoms with Gasteiger partial charge in [-0.1, -0.05) is 72.8 Å². The zero-order valence-electron chi connectivity index (χ0n) is 21.9. The Morgan fingerprint density at radius 3 is 2.30 bits per heavy atom. The van der Waals surface area contributed by atoms with Crippen LogP contribution in [-0.4, -0.2) is 28.6 Å². The van der Waals surface area contributed by atoms with E-state index in [1.165, 1.54) is 57.4 Å². The summed E-state index contributed by atoms with van der Waals surface area (Å²) in [5.41, 5.74) is 4.10. The van der Waals surface area contributed by atoms with Crippen molar-refractivity contribution in [1.29, 1.82) is 0 Å². The van der Waals surface area contributed by atoms with Crippen molar-refractivity contribution >= 4 is 32.4 Å². The molecule has 2 nitrogen and oxygen atoms in total. The standard InChI is InChI=1S/C35H37N2/c1-3-5-15-32(30-21-22-36-34-19-11-10-18-31(30)34)35-20-12-23-37(35,4-2)25-33-28-16-8-6-13-26(28)24-27-14-7-9-17-29(27)33/h3,6-11,13-14,16-19,21-22,24,32,35H,1,4-5,12,15,20,23,25H2,2H3/q+1. The van der Waals surface area contributed by atoms with Gasteiger partial charge in [0.15, 0.2) is 0 Å². The molecule has 2 heterocycles. The lowest BCUT2D eigenvalue weighted by Crippen LogP contribution is -2.53. The summed E-state index contributed by atoms with van der Waals surface area (Å²) in [6.07, 6.45) is 8.86. The van der Waals surface area contributed by atoms with Crippen LogP contribution >= 0.6 is 0 Å². The minimum atomic E-state index is 0.481. The molecule has 2 heteroatoms. The number of nitrogens with zero attached hydrogens (tertiary/aromatic N) is 2. The van der Waals surface area contributed by atoms with E-state index in [1.54, 1.807) is 0 Å². The van der Waals surface area contributed by atoms with Crippen molar-refractivity contribution in [2.24, 2.45) is 0 Å². The van der Waals surface area contributed by atoms with Crippen molar-refractivity contribution in [3.63, 3.8) is 0 Å². The first-order valence-electron chi connectivity index (χ1n) is 13.9. The highest BCUT2D eigenvalue weighted by Gasteiger charge is 2.45. The predicted octanol–water partition coefficient (Wildman–Crippen LogP) is 8.79. The van der Waals surface area contributed by atoms with Crippen LogP contribution in [0.2, 0.25) is 0 Å². The second-order valence-corrected chi connectivity index (χ2v) is 10.8. The molecule has 1 aliphatic rings. The van der Waals surface area contributed by atoms with Gasteiger partial charge in [-0.05, 0) is 65.1 Å². The maximum atomic E-state index is 4.70. The lowest BCUT2D eigenvalue weighted by molar-refractivity contribution is -0.951. The van der Waals surface area contributed by atoms with Crippen molar-refractivity contribution in [2.45, 2.75) is 51.1 Å². The molecule has 4 aromatic carbocycles. The number of pyridine rings is 1. The molecule has 6 rings (SSSR count). The molecule has 0 amide bonds. The van der Waals surface area contributed by atoms with Crippen LogP contribution in [0.3, 0.4) is 0 Å². The van der Waals surface area contributed by atoms with Gasteiger partial charge in [-0.25, -0.2) is 0 Å². The fraction of sp³-hybridized carbons (Fsp3) is 0.286. The molecular weight excluding hydrogens is 448 g/mol. The molecule has 1 saturated heterocycles. The average molecular weight is 486 g/mol. The number of likely N-dealkylation sites (tertiary alicyclic amines) is 1. The van der Waals surface area contributed by atoms with Gasteiger partial charge in [0.1, 0.15) is 6.54 Å². The first kappa shape index (κ1) is 23.9. The molecule has 5 aromatic rings. The van der Waals surface area contributed by atoms with Crippen LogP contribution in [0, 0.1) is 0 Å². The summed E-state index contributed by atoms with van der Waals surface area (Å²) in [5.74, 6) is 0.481. The lowest BCUT2D eigenvalue weighted by atomic mass is 9.83. The van der Waals surface area contributed by atoms with E-state index in [4.69, 9.17) is 4.98 Å². The molecule has 0 N–H and O–H groups in total. The van der Waals surface area contributed by atoms with Crippen LogP contribution < -0.4 is 0 Å². The van der Waals surface area contributed by atoms with E-state index in [9.17, 15) is 0 Å². The van der Waals surface area contributed by atoms with Crippen LogP contribution in [0.4, 0.5) is 0 Å². The van der Waals surface area contributed by atoms with Gasteiger partial charge in [-0.15, -0.1) is 6.58 Å². The Morgan fingerprint density at radius 1 is 0.919 bits per heavy atom. The molecule has 0 saturated carbocycles. The molecule has 0 spiro atoms. The highest BCUT2D eigenvalue weighted by Crippen LogP contribution is 2.44. The third-order valence-corrected chi connectivity index (χ3v) is 9.02. The minimum absolute atomic E-state index is 0.481. The van der Waals surface area contributed by atoms with Crippen LogP contribution in [0.1, 0.15) is 49.7 Å². The number of quaternary nitrogens is 1. The summed E-state index contributed by atoms with van der Waals surface area (Å²) < 4.78 is 1.15. The quantitative estimate of drug-likeness (QED) is 0.122. The molecule has 1 aliphatic heterocycles. The number of benzene rings is 4. The van der Waals surface area contributed by atoms with E-state index in [0.29, 0.717) is 12.0 Å². The summed E-state index contributed by atoms with van der Waals surface area (Å²) in [6, 6.07) is 31.9. The number of fused-ring (bicyclic) bond motifs is 3. The molecule has 1 aromatic heterocycles. The molecule has 37 heavy (non-hydrogen) atoms. The summed E-state index contributed by atoms with van der Waals surface area (Å²) in [5, 5.41) is 6.84. The van der Waals surface area contributed by atoms with E-state index in [-0.39, 0.29) is 0 Å². The normalized spacial score (nSPS) is 20.5. The molecule has 3 unspecified atom stereocenters. The topological polar surface area (TPSA) is 12.9 Å². The lowest BCUT2D eigenvalue weighted by Gasteiger charge is -2.44. The largest absolute Gasteiger partial charge is 0.317 e. The molecule has 186 valence electrons. The number of hydrogen-bond donors (Lipinski definition) is 0. The van der Waals surface area contributed by atoms with Crippen LogP contribution in [0.15, 0.2) is 104 Å².